The van der Waals surface area contributed by atoms with Gasteiger partial charge in [0.1, 0.15) is 9.81 Å². The van der Waals surface area contributed by atoms with E-state index >= 15 is 0 Å². The fourth-order valence-electron chi connectivity index (χ4n) is 2.76. The Kier molecular flexibility index (Phi) is 7.90. The first-order valence-corrected chi connectivity index (χ1v) is 11.0. The summed E-state index contributed by atoms with van der Waals surface area (Å²) in [5.74, 6) is -0.0833. The molecule has 0 amide bonds. The predicted molar refractivity (Wildman–Crippen MR) is 107 cm³/mol. The predicted octanol–water partition coefficient (Wildman–Crippen LogP) is 4.76. The van der Waals surface area contributed by atoms with E-state index in [-0.39, 0.29) is 10.1 Å². The summed E-state index contributed by atoms with van der Waals surface area (Å²) in [5, 5.41) is 11.5. The Balaban J connectivity index is 3.47. The molecule has 0 aliphatic rings. The average molecular weight is 406 g/mol. The Labute approximate surface area is 160 Å². The topological polar surface area (TPSA) is 66.4 Å². The summed E-state index contributed by atoms with van der Waals surface area (Å²) < 4.78 is 29.0. The van der Waals surface area contributed by atoms with Gasteiger partial charge in [-0.15, -0.1) is 11.3 Å². The number of sulfonamides is 1. The Bertz CT molecular complexity index is 732. The van der Waals surface area contributed by atoms with E-state index in [1.54, 1.807) is 6.07 Å². The summed E-state index contributed by atoms with van der Waals surface area (Å²) in [7, 11) is -3.79. The van der Waals surface area contributed by atoms with E-state index in [9.17, 15) is 13.5 Å². The van der Waals surface area contributed by atoms with Gasteiger partial charge in [-0.25, -0.2) is 13.1 Å². The minimum atomic E-state index is -3.79. The van der Waals surface area contributed by atoms with Crippen molar-refractivity contribution in [3.63, 3.8) is 0 Å². The van der Waals surface area contributed by atoms with Crippen molar-refractivity contribution in [2.45, 2.75) is 63.8 Å². The molecule has 0 radical (unpaired) electrons. The summed E-state index contributed by atoms with van der Waals surface area (Å²) in [6, 6.07) is 2.34. The van der Waals surface area contributed by atoms with Gasteiger partial charge in [-0.1, -0.05) is 44.0 Å². The highest BCUT2D eigenvalue weighted by Crippen LogP contribution is 2.35. The molecule has 0 unspecified atom stereocenters. The van der Waals surface area contributed by atoms with Crippen molar-refractivity contribution in [1.29, 1.82) is 0 Å². The van der Waals surface area contributed by atoms with Crippen LogP contribution in [0, 0.1) is 5.92 Å². The molecule has 142 valence electrons. The van der Waals surface area contributed by atoms with Crippen molar-refractivity contribution in [3.05, 3.63) is 39.8 Å². The normalized spacial score (nSPS) is 18.7. The van der Waals surface area contributed by atoms with Crippen LogP contribution in [0.25, 0.3) is 0 Å². The number of rotatable bonds is 8. The molecule has 1 rings (SSSR count). The SMILES string of the molecule is CC=C(C)C(O)(C(C)=CC)[C@@H](NS(=O)(=O)c1ccc(Cl)s1)[C@@H](C)CC. The molecule has 0 aliphatic carbocycles. The zero-order chi connectivity index (χ0) is 19.4. The third-order valence-electron chi connectivity index (χ3n) is 4.83. The highest BCUT2D eigenvalue weighted by Gasteiger charge is 2.44. The van der Waals surface area contributed by atoms with E-state index in [4.69, 9.17) is 11.6 Å². The van der Waals surface area contributed by atoms with Crippen molar-refractivity contribution in [2.75, 3.05) is 0 Å². The van der Waals surface area contributed by atoms with Gasteiger partial charge in [-0.2, -0.15) is 0 Å². The van der Waals surface area contributed by atoms with Gasteiger partial charge in [0.05, 0.1) is 10.4 Å². The van der Waals surface area contributed by atoms with Gasteiger partial charge in [-0.3, -0.25) is 0 Å². The fourth-order valence-corrected chi connectivity index (χ4v) is 5.62. The molecule has 1 aromatic heterocycles. The van der Waals surface area contributed by atoms with Crippen molar-refractivity contribution in [2.24, 2.45) is 5.92 Å². The number of aliphatic hydroxyl groups is 1. The summed E-state index contributed by atoms with van der Waals surface area (Å²) in [4.78, 5) is 0. The van der Waals surface area contributed by atoms with Crippen LogP contribution in [0.5, 0.6) is 0 Å². The van der Waals surface area contributed by atoms with Crippen molar-refractivity contribution < 1.29 is 13.5 Å². The molecule has 0 fully saturated rings. The maximum Gasteiger partial charge on any atom is 0.250 e. The molecular weight excluding hydrogens is 378 g/mol. The van der Waals surface area contributed by atoms with Gasteiger partial charge >= 0.3 is 0 Å². The van der Waals surface area contributed by atoms with Crippen LogP contribution >= 0.6 is 22.9 Å². The van der Waals surface area contributed by atoms with Gasteiger partial charge < -0.3 is 5.11 Å². The first-order chi connectivity index (χ1) is 11.5. The quantitative estimate of drug-likeness (QED) is 0.613. The largest absolute Gasteiger partial charge is 0.379 e. The second kappa shape index (κ2) is 8.82. The standard InChI is InChI=1S/C18H28ClNO3S2/c1-7-12(4)17(18(21,13(5)8-2)14(6)9-3)20-25(22,23)16-11-10-15(19)24-16/h8-12,17,20-21H,7H2,1-6H3/t12-,17-,18?/m0/s1. The maximum atomic E-state index is 12.8. The molecule has 0 saturated heterocycles. The van der Waals surface area contributed by atoms with Crippen LogP contribution in [0.15, 0.2) is 39.6 Å². The first-order valence-electron chi connectivity index (χ1n) is 8.31. The van der Waals surface area contributed by atoms with Crippen molar-refractivity contribution in [3.8, 4) is 0 Å². The molecule has 2 atom stereocenters. The minimum Gasteiger partial charge on any atom is -0.379 e. The van der Waals surface area contributed by atoms with E-state index in [1.165, 1.54) is 6.07 Å². The number of allylic oxidation sites excluding steroid dienone is 2. The lowest BCUT2D eigenvalue weighted by Gasteiger charge is -2.41. The fraction of sp³-hybridized carbons (Fsp3) is 0.556. The molecule has 0 spiro atoms. The highest BCUT2D eigenvalue weighted by atomic mass is 35.5. The molecule has 2 N–H and O–H groups in total. The van der Waals surface area contributed by atoms with E-state index in [0.717, 1.165) is 11.3 Å². The van der Waals surface area contributed by atoms with Gasteiger partial charge in [0.2, 0.25) is 10.0 Å². The maximum absolute atomic E-state index is 12.8. The Morgan fingerprint density at radius 3 is 2.20 bits per heavy atom. The van der Waals surface area contributed by atoms with Crippen LogP contribution in [0.3, 0.4) is 0 Å². The molecule has 0 aromatic carbocycles. The zero-order valence-corrected chi connectivity index (χ0v) is 18.0. The van der Waals surface area contributed by atoms with Gasteiger partial charge in [-0.05, 0) is 56.9 Å². The molecule has 0 bridgehead atoms. The summed E-state index contributed by atoms with van der Waals surface area (Å²) >= 11 is 6.89. The Morgan fingerprint density at radius 1 is 1.32 bits per heavy atom. The lowest BCUT2D eigenvalue weighted by Crippen LogP contribution is -2.57. The molecule has 0 saturated carbocycles. The van der Waals surface area contributed by atoms with Crippen LogP contribution in [-0.2, 0) is 10.0 Å². The Hall–Kier alpha value is -0.660. The molecule has 25 heavy (non-hydrogen) atoms. The average Bonchev–Trinajstić information content (AvgIpc) is 3.04. The second-order valence-corrected chi connectivity index (χ2v) is 9.91. The summed E-state index contributed by atoms with van der Waals surface area (Å²) in [6.45, 7) is 11.2. The summed E-state index contributed by atoms with van der Waals surface area (Å²) in [5.41, 5.74) is 0.0215. The zero-order valence-electron chi connectivity index (χ0n) is 15.6. The highest BCUT2D eigenvalue weighted by molar-refractivity contribution is 7.91. The van der Waals surface area contributed by atoms with Crippen LogP contribution in [-0.4, -0.2) is 25.2 Å². The number of hydrogen-bond donors (Lipinski definition) is 2. The second-order valence-electron chi connectivity index (χ2n) is 6.25. The molecule has 1 aromatic rings. The monoisotopic (exact) mass is 405 g/mol. The van der Waals surface area contributed by atoms with Gasteiger partial charge in [0.25, 0.3) is 0 Å². The molecule has 0 aliphatic heterocycles. The van der Waals surface area contributed by atoms with E-state index in [2.05, 4.69) is 4.72 Å². The van der Waals surface area contributed by atoms with E-state index in [0.29, 0.717) is 21.9 Å². The van der Waals surface area contributed by atoms with Crippen LogP contribution in [0.2, 0.25) is 4.34 Å². The molecule has 1 heterocycles. The molecule has 4 nitrogen and oxygen atoms in total. The van der Waals surface area contributed by atoms with Crippen LogP contribution in [0.4, 0.5) is 0 Å². The lowest BCUT2D eigenvalue weighted by molar-refractivity contribution is 0.0581. The van der Waals surface area contributed by atoms with Crippen molar-refractivity contribution in [1.82, 2.24) is 4.72 Å². The van der Waals surface area contributed by atoms with E-state index in [1.807, 2.05) is 53.7 Å². The van der Waals surface area contributed by atoms with Crippen molar-refractivity contribution >= 4 is 33.0 Å². The van der Waals surface area contributed by atoms with Gasteiger partial charge in [0.15, 0.2) is 0 Å². The number of thiophene rings is 1. The third kappa shape index (κ3) is 4.74. The van der Waals surface area contributed by atoms with E-state index < -0.39 is 21.7 Å². The number of halogens is 1. The Morgan fingerprint density at radius 2 is 1.84 bits per heavy atom. The smallest absolute Gasteiger partial charge is 0.250 e. The lowest BCUT2D eigenvalue weighted by atomic mass is 9.75. The third-order valence-corrected chi connectivity index (χ3v) is 7.99. The molecule has 7 heteroatoms. The first kappa shape index (κ1) is 22.4. The van der Waals surface area contributed by atoms with Crippen LogP contribution < -0.4 is 4.72 Å². The molecular formula is C18H28ClNO3S2. The number of hydrogen-bond acceptors (Lipinski definition) is 4. The van der Waals surface area contributed by atoms with Crippen LogP contribution in [0.1, 0.15) is 48.0 Å². The van der Waals surface area contributed by atoms with Gasteiger partial charge in [0, 0.05) is 0 Å². The minimum absolute atomic E-state index is 0.0833. The summed E-state index contributed by atoms with van der Waals surface area (Å²) in [6.07, 6.45) is 4.35. The number of nitrogens with one attached hydrogen (secondary N) is 1.